The number of carbonyl (C=O) groups is 1. The maximum Gasteiger partial charge on any atom is 0.143 e. The molecular weight excluding hydrogens is 178 g/mol. The van der Waals surface area contributed by atoms with Gasteiger partial charge in [-0.2, -0.15) is 0 Å². The highest BCUT2D eigenvalue weighted by molar-refractivity contribution is 5.87. The van der Waals surface area contributed by atoms with E-state index in [0.717, 1.165) is 45.6 Å². The minimum Gasteiger partial charge on any atom is -0.381 e. The molecule has 0 saturated carbocycles. The van der Waals surface area contributed by atoms with Crippen LogP contribution in [0.2, 0.25) is 0 Å². The third-order valence-corrected chi connectivity index (χ3v) is 3.56. The van der Waals surface area contributed by atoms with Crippen LogP contribution in [0.1, 0.15) is 26.2 Å². The molecule has 1 N–H and O–H groups in total. The van der Waals surface area contributed by atoms with Crippen LogP contribution in [0.15, 0.2) is 0 Å². The van der Waals surface area contributed by atoms with Gasteiger partial charge < -0.3 is 10.1 Å². The van der Waals surface area contributed by atoms with Crippen molar-refractivity contribution in [2.45, 2.75) is 26.2 Å². The lowest BCUT2D eigenvalue weighted by Gasteiger charge is -2.29. The van der Waals surface area contributed by atoms with Crippen molar-refractivity contribution in [1.82, 2.24) is 5.32 Å². The average molecular weight is 197 g/mol. The van der Waals surface area contributed by atoms with Gasteiger partial charge in [0.1, 0.15) is 5.78 Å². The third-order valence-electron chi connectivity index (χ3n) is 3.56. The number of nitrogens with one attached hydrogen (secondary N) is 1. The SMILES string of the molecule is CC1(C(=O)C2CCOCC2)CCNC1. The monoisotopic (exact) mass is 197 g/mol. The van der Waals surface area contributed by atoms with Crippen LogP contribution in [0.4, 0.5) is 0 Å². The summed E-state index contributed by atoms with van der Waals surface area (Å²) in [4.78, 5) is 12.2. The van der Waals surface area contributed by atoms with Gasteiger partial charge in [0.2, 0.25) is 0 Å². The zero-order chi connectivity index (χ0) is 10.0. The van der Waals surface area contributed by atoms with Crippen molar-refractivity contribution < 1.29 is 9.53 Å². The Bertz CT molecular complexity index is 215. The van der Waals surface area contributed by atoms with Crippen molar-refractivity contribution in [1.29, 1.82) is 0 Å². The van der Waals surface area contributed by atoms with E-state index >= 15 is 0 Å². The van der Waals surface area contributed by atoms with Gasteiger partial charge >= 0.3 is 0 Å². The van der Waals surface area contributed by atoms with Gasteiger partial charge in [0.05, 0.1) is 0 Å². The van der Waals surface area contributed by atoms with E-state index in [-0.39, 0.29) is 11.3 Å². The molecular formula is C11H19NO2. The summed E-state index contributed by atoms with van der Waals surface area (Å²) < 4.78 is 5.28. The summed E-state index contributed by atoms with van der Waals surface area (Å²) in [5, 5.41) is 3.28. The van der Waals surface area contributed by atoms with Crippen LogP contribution in [-0.4, -0.2) is 32.1 Å². The second kappa shape index (κ2) is 3.99. The highest BCUT2D eigenvalue weighted by Gasteiger charge is 2.40. The number of ether oxygens (including phenoxy) is 1. The van der Waals surface area contributed by atoms with Gasteiger partial charge in [0.25, 0.3) is 0 Å². The lowest BCUT2D eigenvalue weighted by atomic mass is 9.76. The van der Waals surface area contributed by atoms with Crippen LogP contribution in [-0.2, 0) is 9.53 Å². The number of ketones is 1. The molecule has 3 nitrogen and oxygen atoms in total. The summed E-state index contributed by atoms with van der Waals surface area (Å²) in [5.41, 5.74) is -0.0952. The number of rotatable bonds is 2. The fourth-order valence-electron chi connectivity index (χ4n) is 2.48. The number of Topliss-reactive ketones (excluding diaryl/α,β-unsaturated/α-hetero) is 1. The van der Waals surface area contributed by atoms with Crippen molar-refractivity contribution in [2.24, 2.45) is 11.3 Å². The maximum atomic E-state index is 12.2. The average Bonchev–Trinajstić information content (AvgIpc) is 2.67. The molecule has 1 atom stereocenters. The third kappa shape index (κ3) is 1.84. The van der Waals surface area contributed by atoms with Gasteiger partial charge in [-0.25, -0.2) is 0 Å². The Morgan fingerprint density at radius 1 is 1.43 bits per heavy atom. The number of hydrogen-bond acceptors (Lipinski definition) is 3. The van der Waals surface area contributed by atoms with Crippen molar-refractivity contribution in [3.63, 3.8) is 0 Å². The molecule has 0 bridgehead atoms. The Kier molecular flexibility index (Phi) is 2.88. The largest absolute Gasteiger partial charge is 0.381 e. The summed E-state index contributed by atoms with van der Waals surface area (Å²) in [6.07, 6.45) is 2.85. The van der Waals surface area contributed by atoms with Crippen LogP contribution in [0.25, 0.3) is 0 Å². The van der Waals surface area contributed by atoms with Crippen LogP contribution in [0.3, 0.4) is 0 Å². The normalized spacial score (nSPS) is 34.6. The molecule has 0 aromatic rings. The molecule has 1 unspecified atom stereocenters. The van der Waals surface area contributed by atoms with Gasteiger partial charge in [0, 0.05) is 31.1 Å². The summed E-state index contributed by atoms with van der Waals surface area (Å²) in [6, 6.07) is 0. The summed E-state index contributed by atoms with van der Waals surface area (Å²) in [7, 11) is 0. The van der Waals surface area contributed by atoms with E-state index in [0.29, 0.717) is 5.78 Å². The quantitative estimate of drug-likeness (QED) is 0.717. The van der Waals surface area contributed by atoms with E-state index in [1.54, 1.807) is 0 Å². The van der Waals surface area contributed by atoms with E-state index in [2.05, 4.69) is 12.2 Å². The molecule has 0 aromatic carbocycles. The molecule has 80 valence electrons. The van der Waals surface area contributed by atoms with Crippen molar-refractivity contribution >= 4 is 5.78 Å². The van der Waals surface area contributed by atoms with Crippen molar-refractivity contribution in [2.75, 3.05) is 26.3 Å². The van der Waals surface area contributed by atoms with Crippen LogP contribution in [0.5, 0.6) is 0 Å². The molecule has 0 aliphatic carbocycles. The number of hydrogen-bond donors (Lipinski definition) is 1. The Hall–Kier alpha value is -0.410. The van der Waals surface area contributed by atoms with E-state index in [4.69, 9.17) is 4.74 Å². The molecule has 0 aromatic heterocycles. The molecule has 14 heavy (non-hydrogen) atoms. The molecule has 2 saturated heterocycles. The van der Waals surface area contributed by atoms with Crippen molar-refractivity contribution in [3.8, 4) is 0 Å². The van der Waals surface area contributed by atoms with Gasteiger partial charge in [-0.05, 0) is 25.8 Å². The van der Waals surface area contributed by atoms with Gasteiger partial charge in [0.15, 0.2) is 0 Å². The van der Waals surface area contributed by atoms with Gasteiger partial charge in [-0.15, -0.1) is 0 Å². The van der Waals surface area contributed by atoms with E-state index in [1.807, 2.05) is 0 Å². The summed E-state index contributed by atoms with van der Waals surface area (Å²) in [6.45, 7) is 5.49. The van der Waals surface area contributed by atoms with Gasteiger partial charge in [-0.3, -0.25) is 4.79 Å². The van der Waals surface area contributed by atoms with Crippen molar-refractivity contribution in [3.05, 3.63) is 0 Å². The minimum absolute atomic E-state index is 0.0952. The lowest BCUT2D eigenvalue weighted by Crippen LogP contribution is -2.37. The second-order valence-electron chi connectivity index (χ2n) is 4.74. The number of carbonyl (C=O) groups excluding carboxylic acids is 1. The summed E-state index contributed by atoms with van der Waals surface area (Å²) in [5.74, 6) is 0.722. The molecule has 2 heterocycles. The lowest BCUT2D eigenvalue weighted by molar-refractivity contribution is -0.134. The van der Waals surface area contributed by atoms with Crippen LogP contribution >= 0.6 is 0 Å². The zero-order valence-electron chi connectivity index (χ0n) is 8.84. The first kappa shape index (κ1) is 10.1. The topological polar surface area (TPSA) is 38.3 Å². The first-order valence-corrected chi connectivity index (χ1v) is 5.55. The first-order valence-electron chi connectivity index (χ1n) is 5.55. The Morgan fingerprint density at radius 2 is 2.14 bits per heavy atom. The zero-order valence-corrected chi connectivity index (χ0v) is 8.84. The molecule has 0 spiro atoms. The van der Waals surface area contributed by atoms with E-state index in [1.165, 1.54) is 0 Å². The molecule has 2 rings (SSSR count). The Labute approximate surface area is 85.2 Å². The van der Waals surface area contributed by atoms with Crippen LogP contribution in [0, 0.1) is 11.3 Å². The fraction of sp³-hybridized carbons (Fsp3) is 0.909. The van der Waals surface area contributed by atoms with Crippen LogP contribution < -0.4 is 5.32 Å². The highest BCUT2D eigenvalue weighted by Crippen LogP contribution is 2.32. The predicted molar refractivity (Wildman–Crippen MR) is 54.1 cm³/mol. The van der Waals surface area contributed by atoms with E-state index < -0.39 is 0 Å². The second-order valence-corrected chi connectivity index (χ2v) is 4.74. The molecule has 0 amide bonds. The standard InChI is InChI=1S/C11H19NO2/c1-11(4-5-12-8-11)10(13)9-2-6-14-7-3-9/h9,12H,2-8H2,1H3. The predicted octanol–water partition coefficient (Wildman–Crippen LogP) is 0.982. The Balaban J connectivity index is 1.98. The fourth-order valence-corrected chi connectivity index (χ4v) is 2.48. The van der Waals surface area contributed by atoms with E-state index in [9.17, 15) is 4.79 Å². The molecule has 2 aliphatic heterocycles. The molecule has 3 heteroatoms. The highest BCUT2D eigenvalue weighted by atomic mass is 16.5. The minimum atomic E-state index is -0.0952. The Morgan fingerprint density at radius 3 is 2.71 bits per heavy atom. The molecule has 2 aliphatic rings. The smallest absolute Gasteiger partial charge is 0.143 e. The first-order chi connectivity index (χ1) is 6.72. The molecule has 0 radical (unpaired) electrons. The molecule has 2 fully saturated rings. The summed E-state index contributed by atoms with van der Waals surface area (Å²) >= 11 is 0. The maximum absolute atomic E-state index is 12.2. The van der Waals surface area contributed by atoms with Gasteiger partial charge in [-0.1, -0.05) is 6.92 Å².